The van der Waals surface area contributed by atoms with Crippen molar-refractivity contribution >= 4 is 23.1 Å². The third-order valence-corrected chi connectivity index (χ3v) is 3.76. The minimum absolute atomic E-state index is 0.738. The van der Waals surface area contributed by atoms with Crippen LogP contribution < -0.4 is 0 Å². The third kappa shape index (κ3) is 2.30. The smallest absolute Gasteiger partial charge is 0.0847 e. The zero-order valence-electron chi connectivity index (χ0n) is 9.51. The lowest BCUT2D eigenvalue weighted by Crippen LogP contribution is -1.75. The number of halogens is 1. The fourth-order valence-electron chi connectivity index (χ4n) is 1.80. The second-order valence-electron chi connectivity index (χ2n) is 3.95. The predicted octanol–water partition coefficient (Wildman–Crippen LogP) is 5.13. The maximum absolute atomic E-state index is 5.99. The van der Waals surface area contributed by atoms with Gasteiger partial charge in [0.15, 0.2) is 0 Å². The van der Waals surface area contributed by atoms with Crippen molar-refractivity contribution in [2.24, 2.45) is 0 Å². The highest BCUT2D eigenvalue weighted by molar-refractivity contribution is 7.09. The molecule has 0 fully saturated rings. The highest BCUT2D eigenvalue weighted by Gasteiger charge is 2.06. The second-order valence-corrected chi connectivity index (χ2v) is 5.19. The first-order valence-electron chi connectivity index (χ1n) is 5.61. The lowest BCUT2D eigenvalue weighted by atomic mass is 10.1. The monoisotopic (exact) mass is 271 g/mol. The van der Waals surface area contributed by atoms with Gasteiger partial charge in [-0.3, -0.25) is 0 Å². The average molecular weight is 272 g/mol. The Balaban J connectivity index is 2.00. The Morgan fingerprint density at radius 3 is 2.39 bits per heavy atom. The van der Waals surface area contributed by atoms with E-state index in [0.717, 1.165) is 16.3 Å². The fourth-order valence-corrected chi connectivity index (χ4v) is 2.75. The Morgan fingerprint density at radius 2 is 1.61 bits per heavy atom. The minimum atomic E-state index is 0.738. The van der Waals surface area contributed by atoms with E-state index in [1.54, 1.807) is 0 Å². The molecule has 0 atom stereocenters. The van der Waals surface area contributed by atoms with Crippen molar-refractivity contribution in [1.29, 1.82) is 0 Å². The first-order valence-corrected chi connectivity index (χ1v) is 6.76. The first kappa shape index (κ1) is 11.5. The molecule has 0 unspecified atom stereocenters. The maximum atomic E-state index is 5.99. The van der Waals surface area contributed by atoms with Crippen molar-refractivity contribution in [3.05, 3.63) is 65.7 Å². The Hall–Kier alpha value is -1.64. The number of aromatic nitrogens is 1. The van der Waals surface area contributed by atoms with Crippen LogP contribution >= 0.6 is 23.1 Å². The van der Waals surface area contributed by atoms with Crippen LogP contribution in [0.2, 0.25) is 5.02 Å². The van der Waals surface area contributed by atoms with Crippen LogP contribution in [0.3, 0.4) is 0 Å². The van der Waals surface area contributed by atoms with Gasteiger partial charge < -0.3 is 0 Å². The van der Waals surface area contributed by atoms with E-state index in [0.29, 0.717) is 0 Å². The molecule has 0 aliphatic heterocycles. The van der Waals surface area contributed by atoms with E-state index >= 15 is 0 Å². The van der Waals surface area contributed by atoms with Gasteiger partial charge in [-0.25, -0.2) is 0 Å². The molecule has 88 valence electrons. The van der Waals surface area contributed by atoms with Gasteiger partial charge in [0.2, 0.25) is 0 Å². The van der Waals surface area contributed by atoms with Crippen LogP contribution in [0.1, 0.15) is 0 Å². The van der Waals surface area contributed by atoms with Gasteiger partial charge in [-0.2, -0.15) is 4.37 Å². The van der Waals surface area contributed by atoms with E-state index in [9.17, 15) is 0 Å². The van der Waals surface area contributed by atoms with Crippen LogP contribution in [0.4, 0.5) is 0 Å². The number of nitrogens with zero attached hydrogens (tertiary/aromatic N) is 1. The van der Waals surface area contributed by atoms with Gasteiger partial charge in [-0.1, -0.05) is 54.1 Å². The zero-order chi connectivity index (χ0) is 12.4. The molecule has 0 radical (unpaired) electrons. The Morgan fingerprint density at radius 1 is 0.833 bits per heavy atom. The van der Waals surface area contributed by atoms with E-state index in [2.05, 4.69) is 22.6 Å². The summed E-state index contributed by atoms with van der Waals surface area (Å²) in [4.78, 5) is 1.17. The molecular formula is C15H10ClNS. The lowest BCUT2D eigenvalue weighted by molar-refractivity contribution is 1.52. The average Bonchev–Trinajstić information content (AvgIpc) is 2.89. The molecule has 2 aromatic carbocycles. The summed E-state index contributed by atoms with van der Waals surface area (Å²) in [6.45, 7) is 0. The van der Waals surface area contributed by atoms with Gasteiger partial charge in [0.25, 0.3) is 0 Å². The number of hydrogen-bond acceptors (Lipinski definition) is 2. The largest absolute Gasteiger partial charge is 0.192 e. The topological polar surface area (TPSA) is 12.9 Å². The van der Waals surface area contributed by atoms with Crippen molar-refractivity contribution in [2.75, 3.05) is 0 Å². The Bertz CT molecular complexity index is 661. The van der Waals surface area contributed by atoms with Crippen molar-refractivity contribution in [1.82, 2.24) is 4.37 Å². The summed E-state index contributed by atoms with van der Waals surface area (Å²) >= 11 is 7.50. The normalized spacial score (nSPS) is 10.5. The number of benzene rings is 2. The van der Waals surface area contributed by atoms with Gasteiger partial charge in [0.1, 0.15) is 0 Å². The molecule has 18 heavy (non-hydrogen) atoms. The van der Waals surface area contributed by atoms with Gasteiger partial charge in [-0.05, 0) is 35.3 Å². The summed E-state index contributed by atoms with van der Waals surface area (Å²) < 4.78 is 4.49. The molecular weight excluding hydrogens is 262 g/mol. The van der Waals surface area contributed by atoms with E-state index in [4.69, 9.17) is 11.6 Å². The molecule has 0 bridgehead atoms. The lowest BCUT2D eigenvalue weighted by Gasteiger charge is -1.96. The van der Waals surface area contributed by atoms with E-state index < -0.39 is 0 Å². The summed E-state index contributed by atoms with van der Waals surface area (Å²) in [5, 5.41) is 0.738. The van der Waals surface area contributed by atoms with Crippen LogP contribution in [0.15, 0.2) is 60.7 Å². The summed E-state index contributed by atoms with van der Waals surface area (Å²) in [7, 11) is 0. The molecule has 3 rings (SSSR count). The van der Waals surface area contributed by atoms with Crippen LogP contribution in [-0.2, 0) is 0 Å². The maximum Gasteiger partial charge on any atom is 0.0847 e. The van der Waals surface area contributed by atoms with E-state index in [1.807, 2.05) is 42.5 Å². The SMILES string of the molecule is Clc1cccc(-c2cc(-c3ccccc3)sn2)c1. The number of hydrogen-bond donors (Lipinski definition) is 0. The standard InChI is InChI=1S/C15H10ClNS/c16-13-8-4-7-12(9-13)14-10-15(18-17-14)11-5-2-1-3-6-11/h1-10H. The van der Waals surface area contributed by atoms with Gasteiger partial charge in [0.05, 0.1) is 10.6 Å². The molecule has 0 aliphatic carbocycles. The van der Waals surface area contributed by atoms with Crippen molar-refractivity contribution < 1.29 is 0 Å². The van der Waals surface area contributed by atoms with E-state index in [-0.39, 0.29) is 0 Å². The molecule has 3 aromatic rings. The molecule has 1 heterocycles. The molecule has 0 aliphatic rings. The molecule has 0 saturated heterocycles. The van der Waals surface area contributed by atoms with Crippen LogP contribution in [0.5, 0.6) is 0 Å². The molecule has 1 aromatic heterocycles. The molecule has 3 heteroatoms. The quantitative estimate of drug-likeness (QED) is 0.630. The van der Waals surface area contributed by atoms with Crippen LogP contribution in [-0.4, -0.2) is 4.37 Å². The van der Waals surface area contributed by atoms with Gasteiger partial charge in [0, 0.05) is 10.6 Å². The first-order chi connectivity index (χ1) is 8.83. The molecule has 0 spiro atoms. The summed E-state index contributed by atoms with van der Waals surface area (Å²) in [6.07, 6.45) is 0. The highest BCUT2D eigenvalue weighted by Crippen LogP contribution is 2.30. The molecule has 0 amide bonds. The van der Waals surface area contributed by atoms with Crippen LogP contribution in [0, 0.1) is 0 Å². The summed E-state index contributed by atoms with van der Waals surface area (Å²) in [5.74, 6) is 0. The van der Waals surface area contributed by atoms with Crippen molar-refractivity contribution in [3.63, 3.8) is 0 Å². The molecule has 1 nitrogen and oxygen atoms in total. The predicted molar refractivity (Wildman–Crippen MR) is 78.0 cm³/mol. The fraction of sp³-hybridized carbons (Fsp3) is 0. The highest BCUT2D eigenvalue weighted by atomic mass is 35.5. The van der Waals surface area contributed by atoms with Gasteiger partial charge >= 0.3 is 0 Å². The van der Waals surface area contributed by atoms with Gasteiger partial charge in [-0.15, -0.1) is 0 Å². The van der Waals surface area contributed by atoms with Crippen molar-refractivity contribution in [3.8, 4) is 21.7 Å². The second kappa shape index (κ2) is 4.92. The van der Waals surface area contributed by atoms with E-state index in [1.165, 1.54) is 22.0 Å². The zero-order valence-corrected chi connectivity index (χ0v) is 11.1. The summed E-state index contributed by atoms with van der Waals surface area (Å²) in [5.41, 5.74) is 3.23. The molecule has 0 saturated carbocycles. The molecule has 0 N–H and O–H groups in total. The van der Waals surface area contributed by atoms with Crippen molar-refractivity contribution in [2.45, 2.75) is 0 Å². The number of rotatable bonds is 2. The Kier molecular flexibility index (Phi) is 3.13. The van der Waals surface area contributed by atoms with Crippen LogP contribution in [0.25, 0.3) is 21.7 Å². The minimum Gasteiger partial charge on any atom is -0.192 e. The third-order valence-electron chi connectivity index (χ3n) is 2.69. The Labute approximate surface area is 115 Å². The summed E-state index contributed by atoms with van der Waals surface area (Å²) in [6, 6.07) is 20.1.